The van der Waals surface area contributed by atoms with Gasteiger partial charge in [-0.1, -0.05) is 30.3 Å². The van der Waals surface area contributed by atoms with Crippen LogP contribution in [0.15, 0.2) is 40.9 Å². The van der Waals surface area contributed by atoms with Crippen LogP contribution in [0.4, 0.5) is 0 Å². The van der Waals surface area contributed by atoms with Crippen molar-refractivity contribution in [1.29, 1.82) is 5.26 Å². The van der Waals surface area contributed by atoms with E-state index in [9.17, 15) is 5.26 Å². The van der Waals surface area contributed by atoms with Crippen LogP contribution in [0.5, 0.6) is 17.2 Å². The zero-order valence-electron chi connectivity index (χ0n) is 14.4. The first-order chi connectivity index (χ1) is 12.1. The van der Waals surface area contributed by atoms with Gasteiger partial charge in [-0.15, -0.1) is 11.8 Å². The summed E-state index contributed by atoms with van der Waals surface area (Å²) in [5.41, 5.74) is 2.20. The fraction of sp³-hybridized carbons (Fsp3) is 0.211. The Morgan fingerprint density at radius 1 is 1.04 bits per heavy atom. The van der Waals surface area contributed by atoms with E-state index in [4.69, 9.17) is 14.2 Å². The second-order valence-electron chi connectivity index (χ2n) is 4.89. The number of ether oxygens (including phenoxy) is 3. The van der Waals surface area contributed by atoms with E-state index >= 15 is 0 Å². The Hall–Kier alpha value is -2.10. The predicted molar refractivity (Wildman–Crippen MR) is 106 cm³/mol. The number of nitriles is 1. The molecule has 0 fully saturated rings. The zero-order valence-corrected chi connectivity index (χ0v) is 16.8. The molecule has 130 valence electrons. The smallest absolute Gasteiger partial charge is 0.204 e. The van der Waals surface area contributed by atoms with E-state index in [1.165, 1.54) is 11.8 Å². The number of hydrogen-bond donors (Lipinski definition) is 0. The largest absolute Gasteiger partial charge is 0.493 e. The second kappa shape index (κ2) is 8.84. The molecule has 0 bridgehead atoms. The van der Waals surface area contributed by atoms with Gasteiger partial charge in [-0.05, 0) is 33.8 Å². The lowest BCUT2D eigenvalue weighted by atomic mass is 10.0. The van der Waals surface area contributed by atoms with Crippen molar-refractivity contribution in [3.8, 4) is 23.3 Å². The van der Waals surface area contributed by atoms with Gasteiger partial charge in [-0.25, -0.2) is 0 Å². The van der Waals surface area contributed by atoms with E-state index in [0.29, 0.717) is 32.9 Å². The average molecular weight is 420 g/mol. The Labute approximate surface area is 160 Å². The maximum absolute atomic E-state index is 9.87. The fourth-order valence-electron chi connectivity index (χ4n) is 2.49. The highest BCUT2D eigenvalue weighted by Crippen LogP contribution is 2.48. The van der Waals surface area contributed by atoms with Crippen molar-refractivity contribution in [2.45, 2.75) is 0 Å². The Kier molecular flexibility index (Phi) is 6.80. The van der Waals surface area contributed by atoms with Gasteiger partial charge in [-0.2, -0.15) is 5.26 Å². The van der Waals surface area contributed by atoms with Gasteiger partial charge in [0.05, 0.1) is 31.4 Å². The molecule has 2 aromatic rings. The van der Waals surface area contributed by atoms with Crippen LogP contribution < -0.4 is 14.2 Å². The van der Waals surface area contributed by atoms with Gasteiger partial charge in [0.15, 0.2) is 11.5 Å². The van der Waals surface area contributed by atoms with Crippen LogP contribution in [0.25, 0.3) is 10.5 Å². The van der Waals surface area contributed by atoms with Gasteiger partial charge in [0.1, 0.15) is 6.07 Å². The van der Waals surface area contributed by atoms with Crippen LogP contribution in [-0.4, -0.2) is 27.6 Å². The molecule has 0 spiro atoms. The van der Waals surface area contributed by atoms with Crippen LogP contribution in [-0.2, 0) is 0 Å². The van der Waals surface area contributed by atoms with Crippen molar-refractivity contribution in [3.63, 3.8) is 0 Å². The molecule has 4 nitrogen and oxygen atoms in total. The molecule has 6 heteroatoms. The molecule has 0 saturated heterocycles. The molecule has 0 aliphatic heterocycles. The summed E-state index contributed by atoms with van der Waals surface area (Å²) in [6, 6.07) is 13.9. The maximum Gasteiger partial charge on any atom is 0.204 e. The highest BCUT2D eigenvalue weighted by molar-refractivity contribution is 9.10. The van der Waals surface area contributed by atoms with Gasteiger partial charge in [-0.3, -0.25) is 0 Å². The van der Waals surface area contributed by atoms with Crippen LogP contribution in [0.1, 0.15) is 11.1 Å². The molecule has 0 aliphatic rings. The number of benzene rings is 2. The standard InChI is InChI=1S/C19H18BrNO3S/c1-22-15-10-13(16(20)18(24-3)17(15)23-2)14(11-21)19(25-4)12-8-6-5-7-9-12/h5-10H,1-4H3/b19-14-. The minimum absolute atomic E-state index is 0.475. The van der Waals surface area contributed by atoms with Crippen LogP contribution >= 0.6 is 27.7 Å². The molecule has 2 aromatic carbocycles. The summed E-state index contributed by atoms with van der Waals surface area (Å²) in [4.78, 5) is 0.873. The molecular weight excluding hydrogens is 402 g/mol. The molecule has 0 radical (unpaired) electrons. The quantitative estimate of drug-likeness (QED) is 0.473. The summed E-state index contributed by atoms with van der Waals surface area (Å²) >= 11 is 5.07. The number of thioether (sulfide) groups is 1. The zero-order chi connectivity index (χ0) is 18.4. The Morgan fingerprint density at radius 3 is 2.16 bits per heavy atom. The normalized spacial score (nSPS) is 11.4. The third-order valence-corrected chi connectivity index (χ3v) is 5.25. The summed E-state index contributed by atoms with van der Waals surface area (Å²) < 4.78 is 16.9. The lowest BCUT2D eigenvalue weighted by molar-refractivity contribution is 0.323. The van der Waals surface area contributed by atoms with E-state index in [1.54, 1.807) is 27.4 Å². The van der Waals surface area contributed by atoms with Gasteiger partial charge in [0, 0.05) is 10.5 Å². The summed E-state index contributed by atoms with van der Waals surface area (Å²) in [5.74, 6) is 1.46. The minimum Gasteiger partial charge on any atom is -0.493 e. The van der Waals surface area contributed by atoms with E-state index < -0.39 is 0 Å². The molecule has 0 atom stereocenters. The first-order valence-corrected chi connectivity index (χ1v) is 9.37. The van der Waals surface area contributed by atoms with Gasteiger partial charge in [0.25, 0.3) is 0 Å². The van der Waals surface area contributed by atoms with Gasteiger partial charge in [0.2, 0.25) is 5.75 Å². The lowest BCUT2D eigenvalue weighted by Crippen LogP contribution is -1.99. The highest BCUT2D eigenvalue weighted by Gasteiger charge is 2.23. The summed E-state index contributed by atoms with van der Waals surface area (Å²) in [7, 11) is 4.65. The third-order valence-electron chi connectivity index (χ3n) is 3.62. The fourth-order valence-corrected chi connectivity index (χ4v) is 3.88. The second-order valence-corrected chi connectivity index (χ2v) is 6.50. The van der Waals surface area contributed by atoms with Crippen molar-refractivity contribution in [2.75, 3.05) is 27.6 Å². The van der Waals surface area contributed by atoms with Crippen LogP contribution in [0, 0.1) is 11.3 Å². The first-order valence-electron chi connectivity index (χ1n) is 7.35. The molecule has 0 aromatic heterocycles. The topological polar surface area (TPSA) is 51.5 Å². The van der Waals surface area contributed by atoms with Gasteiger partial charge >= 0.3 is 0 Å². The minimum atomic E-state index is 0.475. The number of hydrogen-bond acceptors (Lipinski definition) is 5. The van der Waals surface area contributed by atoms with Crippen LogP contribution in [0.2, 0.25) is 0 Å². The van der Waals surface area contributed by atoms with Crippen molar-refractivity contribution >= 4 is 38.2 Å². The number of allylic oxidation sites excluding steroid dienone is 1. The van der Waals surface area contributed by atoms with Crippen molar-refractivity contribution in [1.82, 2.24) is 0 Å². The molecule has 0 saturated carbocycles. The molecule has 0 unspecified atom stereocenters. The van der Waals surface area contributed by atoms with E-state index in [0.717, 1.165) is 10.5 Å². The molecule has 0 heterocycles. The molecule has 2 rings (SSSR count). The van der Waals surface area contributed by atoms with E-state index in [1.807, 2.05) is 36.6 Å². The number of rotatable bonds is 6. The van der Waals surface area contributed by atoms with Crippen LogP contribution in [0.3, 0.4) is 0 Å². The summed E-state index contributed by atoms with van der Waals surface area (Å²) in [5, 5.41) is 9.87. The number of methoxy groups -OCH3 is 3. The SMILES string of the molecule is COc1cc(/C(C#N)=C(\SC)c2ccccc2)c(Br)c(OC)c1OC. The Morgan fingerprint density at radius 2 is 1.68 bits per heavy atom. The summed E-state index contributed by atoms with van der Waals surface area (Å²) in [6.45, 7) is 0. The molecule has 25 heavy (non-hydrogen) atoms. The van der Waals surface area contributed by atoms with E-state index in [2.05, 4.69) is 22.0 Å². The first kappa shape index (κ1) is 19.2. The average Bonchev–Trinajstić information content (AvgIpc) is 2.66. The molecular formula is C19H18BrNO3S. The summed E-state index contributed by atoms with van der Waals surface area (Å²) in [6.07, 6.45) is 1.95. The number of halogens is 1. The van der Waals surface area contributed by atoms with E-state index in [-0.39, 0.29) is 0 Å². The van der Waals surface area contributed by atoms with Gasteiger partial charge < -0.3 is 14.2 Å². The predicted octanol–water partition coefficient (Wildman–Crippen LogP) is 5.23. The lowest BCUT2D eigenvalue weighted by Gasteiger charge is -2.17. The molecule has 0 N–H and O–H groups in total. The Bertz CT molecular complexity index is 829. The van der Waals surface area contributed by atoms with Crippen molar-refractivity contribution in [3.05, 3.63) is 52.0 Å². The molecule has 0 aliphatic carbocycles. The van der Waals surface area contributed by atoms with Crippen molar-refractivity contribution in [2.24, 2.45) is 0 Å². The Balaban J connectivity index is 2.82. The number of nitrogens with zero attached hydrogens (tertiary/aromatic N) is 1. The monoisotopic (exact) mass is 419 g/mol. The highest BCUT2D eigenvalue weighted by atomic mass is 79.9. The van der Waals surface area contributed by atoms with Crippen molar-refractivity contribution < 1.29 is 14.2 Å². The molecule has 0 amide bonds. The maximum atomic E-state index is 9.87. The third kappa shape index (κ3) is 3.78.